The first-order valence-corrected chi connectivity index (χ1v) is 7.23. The van der Waals surface area contributed by atoms with Gasteiger partial charge in [-0.3, -0.25) is 4.79 Å². The third kappa shape index (κ3) is 4.35. The van der Waals surface area contributed by atoms with E-state index in [4.69, 9.17) is 0 Å². The van der Waals surface area contributed by atoms with Crippen molar-refractivity contribution in [2.24, 2.45) is 0 Å². The molecule has 2 N–H and O–H groups in total. The number of carbonyl (C=O) groups excluding carboxylic acids is 1. The summed E-state index contributed by atoms with van der Waals surface area (Å²) >= 11 is 0. The van der Waals surface area contributed by atoms with Crippen molar-refractivity contribution in [3.8, 4) is 0 Å². The number of rotatable bonds is 4. The quantitative estimate of drug-likeness (QED) is 0.871. The fourth-order valence-electron chi connectivity index (χ4n) is 2.60. The predicted octanol–water partition coefficient (Wildman–Crippen LogP) is 2.18. The molecule has 2 unspecified atom stereocenters. The first kappa shape index (κ1) is 14.1. The fraction of sp³-hybridized carbons (Fsp3) is 0.562. The molecule has 19 heavy (non-hydrogen) atoms. The van der Waals surface area contributed by atoms with Crippen LogP contribution in [0.25, 0.3) is 0 Å². The van der Waals surface area contributed by atoms with Gasteiger partial charge >= 0.3 is 0 Å². The lowest BCUT2D eigenvalue weighted by Crippen LogP contribution is -2.50. The van der Waals surface area contributed by atoms with Crippen LogP contribution < -0.4 is 10.6 Å². The Bertz CT molecular complexity index is 407. The number of hydrogen-bond donors (Lipinski definition) is 2. The average molecular weight is 260 g/mol. The molecule has 3 heteroatoms. The van der Waals surface area contributed by atoms with Gasteiger partial charge in [0.2, 0.25) is 5.91 Å². The first-order valence-electron chi connectivity index (χ1n) is 7.23. The molecule has 2 rings (SSSR count). The van der Waals surface area contributed by atoms with E-state index in [1.165, 1.54) is 18.4 Å². The Morgan fingerprint density at radius 1 is 1.37 bits per heavy atom. The number of nitrogens with one attached hydrogen (secondary N) is 2. The molecule has 2 atom stereocenters. The van der Waals surface area contributed by atoms with Crippen LogP contribution in [0.4, 0.5) is 0 Å². The van der Waals surface area contributed by atoms with Gasteiger partial charge in [-0.15, -0.1) is 0 Å². The van der Waals surface area contributed by atoms with Gasteiger partial charge < -0.3 is 10.6 Å². The number of benzene rings is 1. The van der Waals surface area contributed by atoms with E-state index in [1.54, 1.807) is 0 Å². The molecule has 1 heterocycles. The second kappa shape index (κ2) is 6.71. The molecule has 1 amide bonds. The van der Waals surface area contributed by atoms with Crippen LogP contribution in [0.3, 0.4) is 0 Å². The molecule has 1 aliphatic heterocycles. The van der Waals surface area contributed by atoms with E-state index >= 15 is 0 Å². The molecule has 0 aromatic heterocycles. The molecule has 0 saturated carbocycles. The van der Waals surface area contributed by atoms with E-state index in [2.05, 4.69) is 36.6 Å². The van der Waals surface area contributed by atoms with Gasteiger partial charge in [0.25, 0.3) is 0 Å². The SMILES string of the molecule is Cc1ccc(CC(=O)NC(C)C2CCCCN2)cc1. The minimum atomic E-state index is 0.115. The largest absolute Gasteiger partial charge is 0.352 e. The van der Waals surface area contributed by atoms with E-state index in [-0.39, 0.29) is 11.9 Å². The third-order valence-corrected chi connectivity index (χ3v) is 3.83. The smallest absolute Gasteiger partial charge is 0.224 e. The molecule has 0 aliphatic carbocycles. The Labute approximate surface area is 115 Å². The van der Waals surface area contributed by atoms with Gasteiger partial charge in [0.05, 0.1) is 6.42 Å². The van der Waals surface area contributed by atoms with Crippen LogP contribution in [0.2, 0.25) is 0 Å². The van der Waals surface area contributed by atoms with E-state index < -0.39 is 0 Å². The van der Waals surface area contributed by atoms with E-state index in [1.807, 2.05) is 12.1 Å². The van der Waals surface area contributed by atoms with Crippen molar-refractivity contribution >= 4 is 5.91 Å². The van der Waals surface area contributed by atoms with Gasteiger partial charge in [0.1, 0.15) is 0 Å². The van der Waals surface area contributed by atoms with Crippen molar-refractivity contribution in [3.63, 3.8) is 0 Å². The number of amides is 1. The number of hydrogen-bond acceptors (Lipinski definition) is 2. The molecule has 104 valence electrons. The molecule has 0 radical (unpaired) electrons. The molecule has 3 nitrogen and oxygen atoms in total. The Hall–Kier alpha value is -1.35. The van der Waals surface area contributed by atoms with Crippen molar-refractivity contribution in [2.45, 2.75) is 51.6 Å². The maximum Gasteiger partial charge on any atom is 0.224 e. The summed E-state index contributed by atoms with van der Waals surface area (Å²) < 4.78 is 0. The normalized spacial score (nSPS) is 20.8. The number of aryl methyl sites for hydroxylation is 1. The standard InChI is InChI=1S/C16H24N2O/c1-12-6-8-14(9-7-12)11-16(19)18-13(2)15-5-3-4-10-17-15/h6-9,13,15,17H,3-5,10-11H2,1-2H3,(H,18,19). The lowest BCUT2D eigenvalue weighted by molar-refractivity contribution is -0.121. The summed E-state index contributed by atoms with van der Waals surface area (Å²) in [6, 6.07) is 8.79. The minimum Gasteiger partial charge on any atom is -0.352 e. The zero-order chi connectivity index (χ0) is 13.7. The summed E-state index contributed by atoms with van der Waals surface area (Å²) in [7, 11) is 0. The lowest BCUT2D eigenvalue weighted by Gasteiger charge is -2.29. The first-order chi connectivity index (χ1) is 9.15. The van der Waals surface area contributed by atoms with Gasteiger partial charge in [-0.1, -0.05) is 36.2 Å². The highest BCUT2D eigenvalue weighted by Gasteiger charge is 2.20. The molecule has 1 fully saturated rings. The number of carbonyl (C=O) groups is 1. The van der Waals surface area contributed by atoms with Crippen LogP contribution in [0.1, 0.15) is 37.3 Å². The van der Waals surface area contributed by atoms with Crippen molar-refractivity contribution in [1.29, 1.82) is 0 Å². The Morgan fingerprint density at radius 2 is 2.11 bits per heavy atom. The Kier molecular flexibility index (Phi) is 4.97. The molecular weight excluding hydrogens is 236 g/mol. The maximum absolute atomic E-state index is 12.0. The van der Waals surface area contributed by atoms with Gasteiger partial charge in [-0.2, -0.15) is 0 Å². The van der Waals surface area contributed by atoms with Crippen molar-refractivity contribution in [1.82, 2.24) is 10.6 Å². The second-order valence-electron chi connectivity index (χ2n) is 5.57. The van der Waals surface area contributed by atoms with Crippen molar-refractivity contribution in [2.75, 3.05) is 6.54 Å². The highest BCUT2D eigenvalue weighted by atomic mass is 16.1. The second-order valence-corrected chi connectivity index (χ2v) is 5.57. The predicted molar refractivity (Wildman–Crippen MR) is 78.1 cm³/mol. The van der Waals surface area contributed by atoms with Crippen molar-refractivity contribution in [3.05, 3.63) is 35.4 Å². The van der Waals surface area contributed by atoms with Crippen LogP contribution in [0.5, 0.6) is 0 Å². The monoisotopic (exact) mass is 260 g/mol. The summed E-state index contributed by atoms with van der Waals surface area (Å²) in [6.45, 7) is 5.22. The van der Waals surface area contributed by atoms with E-state index in [0.29, 0.717) is 12.5 Å². The molecule has 1 aromatic carbocycles. The highest BCUT2D eigenvalue weighted by Crippen LogP contribution is 2.10. The topological polar surface area (TPSA) is 41.1 Å². The molecule has 0 bridgehead atoms. The van der Waals surface area contributed by atoms with Crippen LogP contribution in [0, 0.1) is 6.92 Å². The zero-order valence-corrected chi connectivity index (χ0v) is 11.9. The van der Waals surface area contributed by atoms with E-state index in [9.17, 15) is 4.79 Å². The molecule has 1 saturated heterocycles. The van der Waals surface area contributed by atoms with Crippen LogP contribution in [0.15, 0.2) is 24.3 Å². The van der Waals surface area contributed by atoms with Gasteiger partial charge in [0, 0.05) is 12.1 Å². The van der Waals surface area contributed by atoms with Crippen LogP contribution in [-0.2, 0) is 11.2 Å². The van der Waals surface area contributed by atoms with Gasteiger partial charge in [-0.25, -0.2) is 0 Å². The summed E-state index contributed by atoms with van der Waals surface area (Å²) in [5, 5.41) is 6.59. The number of piperidine rings is 1. The van der Waals surface area contributed by atoms with Gasteiger partial charge in [-0.05, 0) is 38.8 Å². The summed E-state index contributed by atoms with van der Waals surface area (Å²) in [4.78, 5) is 12.0. The molecule has 1 aromatic rings. The Morgan fingerprint density at radius 3 is 2.74 bits per heavy atom. The summed E-state index contributed by atoms with van der Waals surface area (Å²) in [6.07, 6.45) is 4.14. The fourth-order valence-corrected chi connectivity index (χ4v) is 2.60. The van der Waals surface area contributed by atoms with Crippen LogP contribution in [-0.4, -0.2) is 24.5 Å². The lowest BCUT2D eigenvalue weighted by atomic mass is 9.99. The third-order valence-electron chi connectivity index (χ3n) is 3.83. The van der Waals surface area contributed by atoms with Gasteiger partial charge in [0.15, 0.2) is 0 Å². The average Bonchev–Trinajstić information content (AvgIpc) is 2.42. The Balaban J connectivity index is 1.81. The molecular formula is C16H24N2O. The van der Waals surface area contributed by atoms with Crippen LogP contribution >= 0.6 is 0 Å². The zero-order valence-electron chi connectivity index (χ0n) is 11.9. The maximum atomic E-state index is 12.0. The van der Waals surface area contributed by atoms with Crippen molar-refractivity contribution < 1.29 is 4.79 Å². The summed E-state index contributed by atoms with van der Waals surface area (Å²) in [5.41, 5.74) is 2.30. The molecule has 1 aliphatic rings. The highest BCUT2D eigenvalue weighted by molar-refractivity contribution is 5.78. The summed E-state index contributed by atoms with van der Waals surface area (Å²) in [5.74, 6) is 0.115. The molecule has 0 spiro atoms. The van der Waals surface area contributed by atoms with E-state index in [0.717, 1.165) is 18.5 Å². The minimum absolute atomic E-state index is 0.115.